The third kappa shape index (κ3) is 6.12. The highest BCUT2D eigenvalue weighted by atomic mass is 16.5. The Morgan fingerprint density at radius 2 is 2.19 bits per heavy atom. The van der Waals surface area contributed by atoms with Gasteiger partial charge in [0, 0.05) is 27.2 Å². The van der Waals surface area contributed by atoms with E-state index in [1.165, 1.54) is 0 Å². The van der Waals surface area contributed by atoms with Crippen molar-refractivity contribution < 1.29 is 4.74 Å². The zero-order chi connectivity index (χ0) is 15.7. The Balaban J connectivity index is 2.33. The standard InChI is InChI=1S/C14H28N6O/c1-6-21-12(11(2)3)7-8-16-14(15-4)17-9-13-19-18-10-20(13)5/h10-12H,6-9H2,1-5H3,(H2,15,16,17). The van der Waals surface area contributed by atoms with Crippen molar-refractivity contribution in [3.63, 3.8) is 0 Å². The van der Waals surface area contributed by atoms with Crippen molar-refractivity contribution in [2.75, 3.05) is 20.2 Å². The van der Waals surface area contributed by atoms with E-state index in [9.17, 15) is 0 Å². The zero-order valence-electron chi connectivity index (χ0n) is 13.8. The summed E-state index contributed by atoms with van der Waals surface area (Å²) >= 11 is 0. The van der Waals surface area contributed by atoms with Gasteiger partial charge in [0.25, 0.3) is 0 Å². The Kier molecular flexibility index (Phi) is 7.74. The summed E-state index contributed by atoms with van der Waals surface area (Å²) < 4.78 is 7.61. The molecule has 0 spiro atoms. The lowest BCUT2D eigenvalue weighted by Crippen LogP contribution is -2.39. The molecule has 7 nitrogen and oxygen atoms in total. The zero-order valence-corrected chi connectivity index (χ0v) is 13.8. The van der Waals surface area contributed by atoms with E-state index in [-0.39, 0.29) is 6.10 Å². The smallest absolute Gasteiger partial charge is 0.191 e. The van der Waals surface area contributed by atoms with Crippen molar-refractivity contribution in [2.45, 2.75) is 39.8 Å². The average Bonchev–Trinajstić information content (AvgIpc) is 2.86. The molecule has 2 N–H and O–H groups in total. The van der Waals surface area contributed by atoms with Crippen LogP contribution in [0.15, 0.2) is 11.3 Å². The van der Waals surface area contributed by atoms with Gasteiger partial charge in [0.05, 0.1) is 12.6 Å². The second kappa shape index (κ2) is 9.33. The maximum Gasteiger partial charge on any atom is 0.191 e. The van der Waals surface area contributed by atoms with E-state index >= 15 is 0 Å². The Hall–Kier alpha value is -1.63. The molecule has 1 atom stereocenters. The van der Waals surface area contributed by atoms with Crippen LogP contribution in [0.3, 0.4) is 0 Å². The van der Waals surface area contributed by atoms with Crippen molar-refractivity contribution in [2.24, 2.45) is 18.0 Å². The molecule has 0 aromatic carbocycles. The molecule has 0 bridgehead atoms. The molecule has 0 aliphatic heterocycles. The van der Waals surface area contributed by atoms with Crippen LogP contribution in [0, 0.1) is 5.92 Å². The highest BCUT2D eigenvalue weighted by Crippen LogP contribution is 2.09. The van der Waals surface area contributed by atoms with Gasteiger partial charge in [-0.05, 0) is 19.3 Å². The van der Waals surface area contributed by atoms with Gasteiger partial charge in [0.1, 0.15) is 6.33 Å². The van der Waals surface area contributed by atoms with Crippen LogP contribution in [-0.2, 0) is 18.3 Å². The fourth-order valence-corrected chi connectivity index (χ4v) is 2.01. The molecule has 0 amide bonds. The summed E-state index contributed by atoms with van der Waals surface area (Å²) in [5, 5.41) is 14.4. The molecule has 0 aliphatic carbocycles. The van der Waals surface area contributed by atoms with E-state index in [1.807, 2.05) is 18.5 Å². The summed E-state index contributed by atoms with van der Waals surface area (Å²) in [6.07, 6.45) is 2.91. The number of aliphatic imine (C=N–C) groups is 1. The second-order valence-corrected chi connectivity index (χ2v) is 5.24. The molecule has 21 heavy (non-hydrogen) atoms. The van der Waals surface area contributed by atoms with E-state index in [2.05, 4.69) is 39.7 Å². The Morgan fingerprint density at radius 1 is 1.43 bits per heavy atom. The van der Waals surface area contributed by atoms with Crippen molar-refractivity contribution in [3.8, 4) is 0 Å². The quantitative estimate of drug-likeness (QED) is 0.551. The molecule has 1 aromatic rings. The second-order valence-electron chi connectivity index (χ2n) is 5.24. The summed E-state index contributed by atoms with van der Waals surface area (Å²) in [5.41, 5.74) is 0. The molecule has 0 saturated carbocycles. The molecule has 1 rings (SSSR count). The Morgan fingerprint density at radius 3 is 2.71 bits per heavy atom. The Labute approximate surface area is 127 Å². The van der Waals surface area contributed by atoms with E-state index in [4.69, 9.17) is 4.74 Å². The van der Waals surface area contributed by atoms with Crippen LogP contribution in [0.1, 0.15) is 33.0 Å². The molecule has 1 heterocycles. The minimum Gasteiger partial charge on any atom is -0.378 e. The van der Waals surface area contributed by atoms with Gasteiger partial charge in [-0.15, -0.1) is 10.2 Å². The largest absolute Gasteiger partial charge is 0.378 e. The first kappa shape index (κ1) is 17.4. The van der Waals surface area contributed by atoms with Gasteiger partial charge in [0.2, 0.25) is 0 Å². The molecular weight excluding hydrogens is 268 g/mol. The van der Waals surface area contributed by atoms with Crippen molar-refractivity contribution in [1.82, 2.24) is 25.4 Å². The molecule has 0 fully saturated rings. The van der Waals surface area contributed by atoms with Gasteiger partial charge in [-0.25, -0.2) is 0 Å². The number of aromatic nitrogens is 3. The fourth-order valence-electron chi connectivity index (χ4n) is 2.01. The van der Waals surface area contributed by atoms with Gasteiger partial charge in [-0.1, -0.05) is 13.8 Å². The SMILES string of the molecule is CCOC(CCNC(=NC)NCc1nncn1C)C(C)C. The summed E-state index contributed by atoms with van der Waals surface area (Å²) in [4.78, 5) is 4.20. The number of nitrogens with one attached hydrogen (secondary N) is 2. The van der Waals surface area contributed by atoms with Crippen molar-refractivity contribution >= 4 is 5.96 Å². The van der Waals surface area contributed by atoms with Crippen LogP contribution in [-0.4, -0.2) is 47.0 Å². The third-order valence-corrected chi connectivity index (χ3v) is 3.29. The van der Waals surface area contributed by atoms with E-state index in [0.717, 1.165) is 31.4 Å². The van der Waals surface area contributed by atoms with Crippen LogP contribution < -0.4 is 10.6 Å². The first-order valence-electron chi connectivity index (χ1n) is 7.47. The molecule has 120 valence electrons. The lowest BCUT2D eigenvalue weighted by atomic mass is 10.0. The summed E-state index contributed by atoms with van der Waals surface area (Å²) in [7, 11) is 3.68. The number of nitrogens with zero attached hydrogens (tertiary/aromatic N) is 4. The first-order chi connectivity index (χ1) is 10.1. The van der Waals surface area contributed by atoms with Crippen LogP contribution in [0.25, 0.3) is 0 Å². The molecule has 1 aromatic heterocycles. The normalized spacial score (nSPS) is 13.5. The monoisotopic (exact) mass is 296 g/mol. The van der Waals surface area contributed by atoms with Crippen LogP contribution in [0.2, 0.25) is 0 Å². The predicted octanol–water partition coefficient (Wildman–Crippen LogP) is 0.931. The summed E-state index contributed by atoms with van der Waals surface area (Å²) in [5.74, 6) is 2.14. The van der Waals surface area contributed by atoms with Gasteiger partial charge in [-0.2, -0.15) is 0 Å². The van der Waals surface area contributed by atoms with Crippen LogP contribution in [0.5, 0.6) is 0 Å². The maximum atomic E-state index is 5.73. The molecular formula is C14H28N6O. The Bertz CT molecular complexity index is 429. The number of guanidine groups is 1. The maximum absolute atomic E-state index is 5.73. The highest BCUT2D eigenvalue weighted by Gasteiger charge is 2.13. The van der Waals surface area contributed by atoms with Gasteiger partial charge >= 0.3 is 0 Å². The number of hydrogen-bond acceptors (Lipinski definition) is 4. The van der Waals surface area contributed by atoms with Gasteiger partial charge in [-0.3, -0.25) is 4.99 Å². The van der Waals surface area contributed by atoms with Crippen LogP contribution in [0.4, 0.5) is 0 Å². The molecule has 7 heteroatoms. The lowest BCUT2D eigenvalue weighted by Gasteiger charge is -2.21. The predicted molar refractivity (Wildman–Crippen MR) is 84.1 cm³/mol. The summed E-state index contributed by atoms with van der Waals surface area (Å²) in [6.45, 7) is 8.56. The molecule has 0 saturated heterocycles. The van der Waals surface area contributed by atoms with Gasteiger partial charge < -0.3 is 19.9 Å². The minimum absolute atomic E-state index is 0.277. The number of aryl methyl sites for hydroxylation is 1. The highest BCUT2D eigenvalue weighted by molar-refractivity contribution is 5.79. The van der Waals surface area contributed by atoms with E-state index in [0.29, 0.717) is 12.5 Å². The van der Waals surface area contributed by atoms with Crippen molar-refractivity contribution in [3.05, 3.63) is 12.2 Å². The van der Waals surface area contributed by atoms with Crippen molar-refractivity contribution in [1.29, 1.82) is 0 Å². The summed E-state index contributed by atoms with van der Waals surface area (Å²) in [6, 6.07) is 0. The lowest BCUT2D eigenvalue weighted by molar-refractivity contribution is 0.0258. The molecule has 0 radical (unpaired) electrons. The average molecular weight is 296 g/mol. The minimum atomic E-state index is 0.277. The molecule has 1 unspecified atom stereocenters. The van der Waals surface area contributed by atoms with E-state index < -0.39 is 0 Å². The number of ether oxygens (including phenoxy) is 1. The molecule has 0 aliphatic rings. The topological polar surface area (TPSA) is 76.4 Å². The van der Waals surface area contributed by atoms with E-state index in [1.54, 1.807) is 13.4 Å². The first-order valence-corrected chi connectivity index (χ1v) is 7.47. The number of rotatable bonds is 8. The fraction of sp³-hybridized carbons (Fsp3) is 0.786. The van der Waals surface area contributed by atoms with Gasteiger partial charge in [0.15, 0.2) is 11.8 Å². The number of hydrogen-bond donors (Lipinski definition) is 2. The van der Waals surface area contributed by atoms with Crippen LogP contribution >= 0.6 is 0 Å². The third-order valence-electron chi connectivity index (χ3n) is 3.29.